The van der Waals surface area contributed by atoms with Crippen LogP contribution < -0.4 is 0 Å². The van der Waals surface area contributed by atoms with Gasteiger partial charge in [-0.15, -0.1) is 0 Å². The molecule has 0 aliphatic heterocycles. The van der Waals surface area contributed by atoms with E-state index in [1.54, 1.807) is 0 Å². The lowest BCUT2D eigenvalue weighted by Crippen LogP contribution is -2.10. The van der Waals surface area contributed by atoms with Gasteiger partial charge in [0.05, 0.1) is 0 Å². The molecule has 0 radical (unpaired) electrons. The second-order valence-corrected chi connectivity index (χ2v) is 11.2. The molecule has 0 N–H and O–H groups in total. The fourth-order valence-electron chi connectivity index (χ4n) is 6.18. The molecule has 44 heavy (non-hydrogen) atoms. The van der Waals surface area contributed by atoms with Crippen molar-refractivity contribution in [3.8, 4) is 45.0 Å². The zero-order chi connectivity index (χ0) is 29.3. The molecule has 3 nitrogen and oxygen atoms in total. The van der Waals surface area contributed by atoms with Crippen LogP contribution in [-0.2, 0) is 0 Å². The Morgan fingerprint density at radius 2 is 1.09 bits per heavy atom. The number of benzene rings is 5. The first kappa shape index (κ1) is 26.0. The van der Waals surface area contributed by atoms with Crippen molar-refractivity contribution in [1.29, 1.82) is 0 Å². The van der Waals surface area contributed by atoms with Crippen molar-refractivity contribution < 1.29 is 0 Å². The molecule has 8 rings (SSSR count). The predicted molar refractivity (Wildman–Crippen MR) is 182 cm³/mol. The number of nitrogens with zero attached hydrogens (tertiary/aromatic N) is 3. The maximum absolute atomic E-state index is 5.10. The molecule has 0 fully saturated rings. The van der Waals surface area contributed by atoms with Gasteiger partial charge in [-0.25, -0.2) is 15.0 Å². The molecule has 0 spiro atoms. The molecule has 2 aliphatic carbocycles. The topological polar surface area (TPSA) is 38.7 Å². The van der Waals surface area contributed by atoms with Gasteiger partial charge in [0.25, 0.3) is 0 Å². The lowest BCUT2D eigenvalue weighted by molar-refractivity contribution is 0.781. The minimum Gasteiger partial charge on any atom is -0.208 e. The van der Waals surface area contributed by atoms with E-state index >= 15 is 0 Å². The molecule has 1 atom stereocenters. The summed E-state index contributed by atoms with van der Waals surface area (Å²) >= 11 is 0. The van der Waals surface area contributed by atoms with Crippen LogP contribution in [0.5, 0.6) is 0 Å². The first-order valence-electron chi connectivity index (χ1n) is 15.1. The summed E-state index contributed by atoms with van der Waals surface area (Å²) in [5.74, 6) is 2.40. The Labute approximate surface area is 257 Å². The number of hydrogen-bond donors (Lipinski definition) is 0. The fraction of sp³-hybridized carbons (Fsp3) is 0.0488. The summed E-state index contributed by atoms with van der Waals surface area (Å²) < 4.78 is 0. The maximum Gasteiger partial charge on any atom is 0.164 e. The van der Waals surface area contributed by atoms with E-state index in [9.17, 15) is 0 Å². The largest absolute Gasteiger partial charge is 0.208 e. The predicted octanol–water partition coefficient (Wildman–Crippen LogP) is 10.1. The molecular formula is C41H29N3. The van der Waals surface area contributed by atoms with E-state index < -0.39 is 0 Å². The van der Waals surface area contributed by atoms with Crippen molar-refractivity contribution in [1.82, 2.24) is 15.0 Å². The van der Waals surface area contributed by atoms with Gasteiger partial charge in [-0.3, -0.25) is 0 Å². The quantitative estimate of drug-likeness (QED) is 0.209. The van der Waals surface area contributed by atoms with Crippen LogP contribution in [0.2, 0.25) is 0 Å². The standard InChI is InChI=1S/C41H29N3/c1-2-10-28(11-3-1)29-20-22-30(23-21-29)31-24-26-34(27-25-31)39-42-40(37-18-8-14-32-12-4-6-16-35(32)37)44-41(43-39)38-19-9-15-33-13-5-7-17-36(33)38/h1-14,16-27,33H,15H2. The molecule has 1 heterocycles. The van der Waals surface area contributed by atoms with Crippen LogP contribution in [-0.4, -0.2) is 15.0 Å². The van der Waals surface area contributed by atoms with Gasteiger partial charge in [-0.05, 0) is 45.0 Å². The second-order valence-electron chi connectivity index (χ2n) is 11.2. The normalized spacial score (nSPS) is 15.5. The van der Waals surface area contributed by atoms with Crippen LogP contribution in [0, 0.1) is 5.92 Å². The van der Waals surface area contributed by atoms with Gasteiger partial charge in [0.1, 0.15) is 0 Å². The van der Waals surface area contributed by atoms with Crippen LogP contribution >= 0.6 is 0 Å². The van der Waals surface area contributed by atoms with Gasteiger partial charge >= 0.3 is 0 Å². The third-order valence-corrected chi connectivity index (χ3v) is 8.49. The smallest absolute Gasteiger partial charge is 0.164 e. The van der Waals surface area contributed by atoms with Crippen molar-refractivity contribution in [2.75, 3.05) is 0 Å². The van der Waals surface area contributed by atoms with E-state index in [4.69, 9.17) is 15.0 Å². The van der Waals surface area contributed by atoms with Gasteiger partial charge in [0, 0.05) is 22.6 Å². The van der Waals surface area contributed by atoms with E-state index in [1.165, 1.54) is 22.3 Å². The molecule has 208 valence electrons. The summed E-state index contributed by atoms with van der Waals surface area (Å²) in [5.41, 5.74) is 9.03. The van der Waals surface area contributed by atoms with Crippen molar-refractivity contribution in [3.63, 3.8) is 0 Å². The van der Waals surface area contributed by atoms with E-state index in [-0.39, 0.29) is 0 Å². The molecule has 0 amide bonds. The van der Waals surface area contributed by atoms with Crippen LogP contribution in [0.25, 0.3) is 61.4 Å². The number of rotatable bonds is 5. The Bertz CT molecular complexity index is 2110. The first-order valence-corrected chi connectivity index (χ1v) is 15.1. The van der Waals surface area contributed by atoms with Crippen molar-refractivity contribution in [2.45, 2.75) is 6.42 Å². The number of fused-ring (bicyclic) bond motifs is 2. The Morgan fingerprint density at radius 3 is 1.86 bits per heavy atom. The van der Waals surface area contributed by atoms with Gasteiger partial charge < -0.3 is 0 Å². The van der Waals surface area contributed by atoms with Crippen molar-refractivity contribution >= 4 is 16.3 Å². The fourth-order valence-corrected chi connectivity index (χ4v) is 6.18. The SMILES string of the molecule is C1=CC2=C(c3nc(-c4ccc(-c5ccc(-c6ccccc6)cc5)cc4)nc(-c4cccc5ccccc45)n3)C=CCC2C=C1. The molecule has 1 unspecified atom stereocenters. The minimum absolute atomic E-state index is 0.341. The molecule has 0 saturated carbocycles. The van der Waals surface area contributed by atoms with Gasteiger partial charge in [-0.2, -0.15) is 0 Å². The second kappa shape index (κ2) is 11.2. The lowest BCUT2D eigenvalue weighted by Gasteiger charge is -2.22. The summed E-state index contributed by atoms with van der Waals surface area (Å²) in [5, 5.41) is 2.29. The number of allylic oxidation sites excluding steroid dienone is 8. The molecule has 0 saturated heterocycles. The molecule has 5 aromatic carbocycles. The average Bonchev–Trinajstić information content (AvgIpc) is 3.11. The summed E-state index contributed by atoms with van der Waals surface area (Å²) in [4.78, 5) is 15.3. The first-order chi connectivity index (χ1) is 21.8. The average molecular weight is 564 g/mol. The zero-order valence-corrected chi connectivity index (χ0v) is 24.1. The van der Waals surface area contributed by atoms with Crippen LogP contribution in [0.4, 0.5) is 0 Å². The van der Waals surface area contributed by atoms with Crippen molar-refractivity contribution in [3.05, 3.63) is 169 Å². The van der Waals surface area contributed by atoms with E-state index in [2.05, 4.69) is 152 Å². The number of aromatic nitrogens is 3. The number of hydrogen-bond acceptors (Lipinski definition) is 3. The van der Waals surface area contributed by atoms with E-state index in [0.717, 1.165) is 39.5 Å². The highest BCUT2D eigenvalue weighted by molar-refractivity contribution is 5.95. The van der Waals surface area contributed by atoms with Crippen LogP contribution in [0.1, 0.15) is 12.2 Å². The Morgan fingerprint density at radius 1 is 0.477 bits per heavy atom. The third-order valence-electron chi connectivity index (χ3n) is 8.49. The Kier molecular flexibility index (Phi) is 6.62. The van der Waals surface area contributed by atoms with Crippen LogP contribution in [0.15, 0.2) is 163 Å². The Balaban J connectivity index is 1.22. The highest BCUT2D eigenvalue weighted by atomic mass is 15.0. The van der Waals surface area contributed by atoms with E-state index in [1.807, 2.05) is 6.07 Å². The van der Waals surface area contributed by atoms with E-state index in [0.29, 0.717) is 23.4 Å². The zero-order valence-electron chi connectivity index (χ0n) is 24.1. The highest BCUT2D eigenvalue weighted by Crippen LogP contribution is 2.36. The van der Waals surface area contributed by atoms with Gasteiger partial charge in [0.15, 0.2) is 17.5 Å². The summed E-state index contributed by atoms with van der Waals surface area (Å²) in [7, 11) is 0. The molecule has 6 aromatic rings. The molecule has 2 aliphatic rings. The van der Waals surface area contributed by atoms with Gasteiger partial charge in [-0.1, -0.05) is 158 Å². The molecule has 0 bridgehead atoms. The summed E-state index contributed by atoms with van der Waals surface area (Å²) in [6, 6.07) is 42.5. The highest BCUT2D eigenvalue weighted by Gasteiger charge is 2.22. The molecular weight excluding hydrogens is 534 g/mol. The monoisotopic (exact) mass is 563 g/mol. The minimum atomic E-state index is 0.341. The molecule has 3 heteroatoms. The maximum atomic E-state index is 5.10. The third kappa shape index (κ3) is 4.89. The molecule has 1 aromatic heterocycles. The summed E-state index contributed by atoms with van der Waals surface area (Å²) in [6.45, 7) is 0. The Hall–Kier alpha value is -5.67. The lowest BCUT2D eigenvalue weighted by atomic mass is 9.84. The van der Waals surface area contributed by atoms with Gasteiger partial charge in [0.2, 0.25) is 0 Å². The summed E-state index contributed by atoms with van der Waals surface area (Å²) in [6.07, 6.45) is 14.1. The van der Waals surface area contributed by atoms with Crippen molar-refractivity contribution in [2.24, 2.45) is 5.92 Å². The van der Waals surface area contributed by atoms with Crippen LogP contribution in [0.3, 0.4) is 0 Å².